The zero-order chi connectivity index (χ0) is 14.6. The molecule has 0 aliphatic rings. The summed E-state index contributed by atoms with van der Waals surface area (Å²) in [5.74, 6) is -0.332. The maximum Gasteiger partial charge on any atom is 0.312 e. The Bertz CT molecular complexity index is 482. The molecule has 0 saturated heterocycles. The average Bonchev–Trinajstić information content (AvgIpc) is 2.61. The first kappa shape index (κ1) is 15.1. The van der Waals surface area contributed by atoms with Crippen molar-refractivity contribution in [3.05, 3.63) is 21.5 Å². The van der Waals surface area contributed by atoms with Gasteiger partial charge in [0.1, 0.15) is 11.4 Å². The number of carbonyl (C=O) groups excluding carboxylic acids is 1. The summed E-state index contributed by atoms with van der Waals surface area (Å²) in [6.07, 6.45) is 0.879. The zero-order valence-corrected chi connectivity index (χ0v) is 11.8. The molecule has 0 spiro atoms. The monoisotopic (exact) mass is 268 g/mol. The SMILES string of the molecule is CCCNC(=O)C(C)Cn1nc(C)c([N+](=O)[O-])c1C. The van der Waals surface area contributed by atoms with Crippen LogP contribution in [-0.2, 0) is 11.3 Å². The molecule has 1 aromatic heterocycles. The third-order valence-electron chi connectivity index (χ3n) is 2.97. The topological polar surface area (TPSA) is 90.1 Å². The summed E-state index contributed by atoms with van der Waals surface area (Å²) in [5, 5.41) is 17.8. The molecule has 19 heavy (non-hydrogen) atoms. The molecule has 1 unspecified atom stereocenters. The van der Waals surface area contributed by atoms with E-state index in [0.717, 1.165) is 6.42 Å². The second-order valence-electron chi connectivity index (χ2n) is 4.65. The minimum atomic E-state index is -0.435. The standard InChI is InChI=1S/C12H20N4O3/c1-5-6-13-12(17)8(2)7-15-10(4)11(16(18)19)9(3)14-15/h8H,5-7H2,1-4H3,(H,13,17). The van der Waals surface area contributed by atoms with Crippen LogP contribution in [0.15, 0.2) is 0 Å². The van der Waals surface area contributed by atoms with Crippen molar-refractivity contribution in [2.75, 3.05) is 6.54 Å². The Morgan fingerprint density at radius 1 is 1.53 bits per heavy atom. The van der Waals surface area contributed by atoms with Crippen LogP contribution in [0.4, 0.5) is 5.69 Å². The van der Waals surface area contributed by atoms with Gasteiger partial charge in [0.15, 0.2) is 0 Å². The zero-order valence-electron chi connectivity index (χ0n) is 11.8. The number of nitrogens with one attached hydrogen (secondary N) is 1. The Labute approximate surface area is 112 Å². The van der Waals surface area contributed by atoms with Crippen molar-refractivity contribution in [3.8, 4) is 0 Å². The van der Waals surface area contributed by atoms with E-state index < -0.39 is 4.92 Å². The number of amides is 1. The number of rotatable bonds is 6. The summed E-state index contributed by atoms with van der Waals surface area (Å²) in [4.78, 5) is 22.2. The maximum atomic E-state index is 11.8. The van der Waals surface area contributed by atoms with Crippen molar-refractivity contribution in [2.24, 2.45) is 5.92 Å². The van der Waals surface area contributed by atoms with E-state index in [1.165, 1.54) is 4.68 Å². The molecule has 0 aromatic carbocycles. The molecule has 0 fully saturated rings. The van der Waals surface area contributed by atoms with Crippen LogP contribution in [0.1, 0.15) is 31.7 Å². The quantitative estimate of drug-likeness (QED) is 0.626. The fraction of sp³-hybridized carbons (Fsp3) is 0.667. The molecular weight excluding hydrogens is 248 g/mol. The molecule has 1 aromatic rings. The van der Waals surface area contributed by atoms with Crippen molar-refractivity contribution in [1.82, 2.24) is 15.1 Å². The first-order chi connectivity index (χ1) is 8.88. The van der Waals surface area contributed by atoms with Gasteiger partial charge in [0.2, 0.25) is 5.91 Å². The van der Waals surface area contributed by atoms with E-state index in [4.69, 9.17) is 0 Å². The van der Waals surface area contributed by atoms with Gasteiger partial charge in [-0.2, -0.15) is 5.10 Å². The van der Waals surface area contributed by atoms with Crippen molar-refractivity contribution in [2.45, 2.75) is 40.7 Å². The van der Waals surface area contributed by atoms with E-state index in [2.05, 4.69) is 10.4 Å². The molecule has 106 valence electrons. The van der Waals surface area contributed by atoms with Crippen molar-refractivity contribution >= 4 is 11.6 Å². The molecule has 0 bridgehead atoms. The van der Waals surface area contributed by atoms with E-state index in [1.54, 1.807) is 20.8 Å². The van der Waals surface area contributed by atoms with Gasteiger partial charge in [-0.05, 0) is 20.3 Å². The van der Waals surface area contributed by atoms with Gasteiger partial charge in [-0.3, -0.25) is 19.6 Å². The highest BCUT2D eigenvalue weighted by Gasteiger charge is 2.23. The number of nitrogens with zero attached hydrogens (tertiary/aromatic N) is 3. The van der Waals surface area contributed by atoms with E-state index in [-0.39, 0.29) is 17.5 Å². The normalized spacial score (nSPS) is 12.2. The molecule has 0 aliphatic carbocycles. The van der Waals surface area contributed by atoms with Crippen molar-refractivity contribution < 1.29 is 9.72 Å². The highest BCUT2D eigenvalue weighted by atomic mass is 16.6. The molecule has 7 heteroatoms. The van der Waals surface area contributed by atoms with Crippen LogP contribution in [0, 0.1) is 29.9 Å². The highest BCUT2D eigenvalue weighted by molar-refractivity contribution is 5.78. The summed E-state index contributed by atoms with van der Waals surface area (Å²) >= 11 is 0. The molecule has 1 N–H and O–H groups in total. The lowest BCUT2D eigenvalue weighted by Crippen LogP contribution is -2.32. The number of hydrogen-bond donors (Lipinski definition) is 1. The summed E-state index contributed by atoms with van der Waals surface area (Å²) in [6.45, 7) is 8.00. The van der Waals surface area contributed by atoms with Gasteiger partial charge < -0.3 is 5.32 Å². The number of aromatic nitrogens is 2. The van der Waals surface area contributed by atoms with Gasteiger partial charge in [-0.1, -0.05) is 13.8 Å². The van der Waals surface area contributed by atoms with Gasteiger partial charge in [0.05, 0.1) is 17.4 Å². The van der Waals surface area contributed by atoms with Crippen LogP contribution in [0.5, 0.6) is 0 Å². The molecular formula is C12H20N4O3. The molecule has 7 nitrogen and oxygen atoms in total. The Hall–Kier alpha value is -1.92. The van der Waals surface area contributed by atoms with E-state index >= 15 is 0 Å². The van der Waals surface area contributed by atoms with Crippen LogP contribution in [0.25, 0.3) is 0 Å². The molecule has 1 amide bonds. The minimum absolute atomic E-state index is 0.0289. The lowest BCUT2D eigenvalue weighted by Gasteiger charge is -2.12. The lowest BCUT2D eigenvalue weighted by atomic mass is 10.1. The van der Waals surface area contributed by atoms with Crippen LogP contribution in [-0.4, -0.2) is 27.2 Å². The molecule has 0 aliphatic heterocycles. The lowest BCUT2D eigenvalue weighted by molar-refractivity contribution is -0.386. The fourth-order valence-corrected chi connectivity index (χ4v) is 1.89. The van der Waals surface area contributed by atoms with Gasteiger partial charge in [-0.25, -0.2) is 0 Å². The predicted octanol–water partition coefficient (Wildman–Crippen LogP) is 1.57. The highest BCUT2D eigenvalue weighted by Crippen LogP contribution is 2.22. The summed E-state index contributed by atoms with van der Waals surface area (Å²) < 4.78 is 1.53. The van der Waals surface area contributed by atoms with Gasteiger partial charge >= 0.3 is 5.69 Å². The Morgan fingerprint density at radius 2 is 2.16 bits per heavy atom. The minimum Gasteiger partial charge on any atom is -0.356 e. The predicted molar refractivity (Wildman–Crippen MR) is 70.8 cm³/mol. The number of aryl methyl sites for hydroxylation is 1. The Morgan fingerprint density at radius 3 is 2.63 bits per heavy atom. The first-order valence-corrected chi connectivity index (χ1v) is 6.34. The van der Waals surface area contributed by atoms with Gasteiger partial charge in [0.25, 0.3) is 0 Å². The summed E-state index contributed by atoms with van der Waals surface area (Å²) in [7, 11) is 0. The molecule has 0 saturated carbocycles. The third-order valence-corrected chi connectivity index (χ3v) is 2.97. The molecule has 1 atom stereocenters. The summed E-state index contributed by atoms with van der Waals surface area (Å²) in [6, 6.07) is 0. The van der Waals surface area contributed by atoms with Crippen molar-refractivity contribution in [1.29, 1.82) is 0 Å². The van der Waals surface area contributed by atoms with E-state index in [9.17, 15) is 14.9 Å². The molecule has 0 radical (unpaired) electrons. The first-order valence-electron chi connectivity index (χ1n) is 6.34. The number of carbonyl (C=O) groups is 1. The van der Waals surface area contributed by atoms with Crippen molar-refractivity contribution in [3.63, 3.8) is 0 Å². The van der Waals surface area contributed by atoms with Gasteiger partial charge in [-0.15, -0.1) is 0 Å². The van der Waals surface area contributed by atoms with E-state index in [1.807, 2.05) is 6.92 Å². The van der Waals surface area contributed by atoms with Crippen LogP contribution in [0.2, 0.25) is 0 Å². The third kappa shape index (κ3) is 3.52. The smallest absolute Gasteiger partial charge is 0.312 e. The number of nitro groups is 1. The molecule has 1 heterocycles. The van der Waals surface area contributed by atoms with Crippen LogP contribution < -0.4 is 5.32 Å². The van der Waals surface area contributed by atoms with Crippen LogP contribution >= 0.6 is 0 Å². The average molecular weight is 268 g/mol. The summed E-state index contributed by atoms with van der Waals surface area (Å²) in [5.41, 5.74) is 0.891. The second-order valence-corrected chi connectivity index (χ2v) is 4.65. The fourth-order valence-electron chi connectivity index (χ4n) is 1.89. The van der Waals surface area contributed by atoms with E-state index in [0.29, 0.717) is 24.5 Å². The van der Waals surface area contributed by atoms with Gasteiger partial charge in [0, 0.05) is 6.54 Å². The van der Waals surface area contributed by atoms with Crippen LogP contribution in [0.3, 0.4) is 0 Å². The maximum absolute atomic E-state index is 11.8. The second kappa shape index (κ2) is 6.31. The number of hydrogen-bond acceptors (Lipinski definition) is 4. The Kier molecular flexibility index (Phi) is 5.02. The Balaban J connectivity index is 2.80. The largest absolute Gasteiger partial charge is 0.356 e. The molecule has 1 rings (SSSR count).